The van der Waals surface area contributed by atoms with Gasteiger partial charge in [0, 0.05) is 17.4 Å². The van der Waals surface area contributed by atoms with Gasteiger partial charge in [-0.25, -0.2) is 4.52 Å². The molecule has 0 aliphatic heterocycles. The van der Waals surface area contributed by atoms with Gasteiger partial charge in [0.1, 0.15) is 11.4 Å². The molecular weight excluding hydrogens is 318 g/mol. The second kappa shape index (κ2) is 6.17. The van der Waals surface area contributed by atoms with Crippen LogP contribution in [0.2, 0.25) is 0 Å². The zero-order valence-electron chi connectivity index (χ0n) is 12.2. The second-order valence-electron chi connectivity index (χ2n) is 4.84. The van der Waals surface area contributed by atoms with Gasteiger partial charge in [0.15, 0.2) is 0 Å². The minimum absolute atomic E-state index is 0.175. The number of ether oxygens (including phenoxy) is 1. The van der Waals surface area contributed by atoms with E-state index in [4.69, 9.17) is 9.84 Å². The number of fused-ring (bicyclic) bond motifs is 1. The highest BCUT2D eigenvalue weighted by molar-refractivity contribution is 7.15. The number of carboxylic acids is 1. The highest BCUT2D eigenvalue weighted by Crippen LogP contribution is 2.20. The molecule has 2 heterocycles. The van der Waals surface area contributed by atoms with Crippen molar-refractivity contribution in [2.24, 2.45) is 0 Å². The molecule has 0 fully saturated rings. The van der Waals surface area contributed by atoms with E-state index in [0.717, 1.165) is 5.56 Å². The number of methoxy groups -OCH3 is 1. The minimum Gasteiger partial charge on any atom is -0.496 e. The largest absolute Gasteiger partial charge is 0.496 e. The molecule has 3 aromatic rings. The van der Waals surface area contributed by atoms with Gasteiger partial charge in [-0.3, -0.25) is 9.59 Å². The summed E-state index contributed by atoms with van der Waals surface area (Å²) in [4.78, 5) is 27.4. The Morgan fingerprint density at radius 1 is 1.39 bits per heavy atom. The first kappa shape index (κ1) is 15.2. The Morgan fingerprint density at radius 2 is 2.17 bits per heavy atom. The molecule has 8 heteroatoms. The van der Waals surface area contributed by atoms with E-state index in [-0.39, 0.29) is 18.5 Å². The maximum Gasteiger partial charge on any atom is 0.309 e. The number of thiazole rings is 1. The van der Waals surface area contributed by atoms with Crippen molar-refractivity contribution < 1.29 is 14.6 Å². The van der Waals surface area contributed by atoms with Crippen molar-refractivity contribution in [3.05, 3.63) is 57.0 Å². The van der Waals surface area contributed by atoms with Gasteiger partial charge in [0.25, 0.3) is 5.56 Å². The molecule has 1 aromatic carbocycles. The van der Waals surface area contributed by atoms with Crippen molar-refractivity contribution >= 4 is 22.3 Å². The molecule has 0 atom stereocenters. The maximum absolute atomic E-state index is 12.1. The van der Waals surface area contributed by atoms with E-state index in [2.05, 4.69) is 10.1 Å². The van der Waals surface area contributed by atoms with Crippen molar-refractivity contribution in [2.45, 2.75) is 12.8 Å². The van der Waals surface area contributed by atoms with Crippen molar-refractivity contribution in [3.63, 3.8) is 0 Å². The third kappa shape index (κ3) is 3.07. The first-order valence-corrected chi connectivity index (χ1v) is 7.66. The molecule has 0 aliphatic carbocycles. The monoisotopic (exact) mass is 331 g/mol. The van der Waals surface area contributed by atoms with Gasteiger partial charge in [-0.1, -0.05) is 18.2 Å². The fourth-order valence-corrected chi connectivity index (χ4v) is 3.07. The van der Waals surface area contributed by atoms with E-state index in [1.165, 1.54) is 15.9 Å². The van der Waals surface area contributed by atoms with Gasteiger partial charge < -0.3 is 9.84 Å². The zero-order chi connectivity index (χ0) is 16.4. The normalized spacial score (nSPS) is 10.8. The predicted octanol–water partition coefficient (Wildman–Crippen LogP) is 1.38. The summed E-state index contributed by atoms with van der Waals surface area (Å²) in [6.07, 6.45) is 0.0901. The third-order valence-corrected chi connectivity index (χ3v) is 4.17. The molecular formula is C15H13N3O4S. The molecule has 0 amide bonds. The van der Waals surface area contributed by atoms with Crippen LogP contribution in [-0.4, -0.2) is 32.8 Å². The molecule has 0 saturated heterocycles. The highest BCUT2D eigenvalue weighted by atomic mass is 32.1. The summed E-state index contributed by atoms with van der Waals surface area (Å²) in [5.74, 6) is -0.300. The molecule has 0 aliphatic rings. The molecule has 1 N–H and O–H groups in total. The molecule has 7 nitrogen and oxygen atoms in total. The van der Waals surface area contributed by atoms with Crippen molar-refractivity contribution in [2.75, 3.05) is 7.11 Å². The Balaban J connectivity index is 2.05. The fourth-order valence-electron chi connectivity index (χ4n) is 2.25. The van der Waals surface area contributed by atoms with Crippen LogP contribution in [0.5, 0.6) is 5.75 Å². The number of benzene rings is 1. The van der Waals surface area contributed by atoms with Gasteiger partial charge >= 0.3 is 5.97 Å². The van der Waals surface area contributed by atoms with Crippen molar-refractivity contribution in [1.29, 1.82) is 0 Å². The lowest BCUT2D eigenvalue weighted by molar-refractivity contribution is -0.136. The van der Waals surface area contributed by atoms with Gasteiger partial charge in [0.2, 0.25) is 4.96 Å². The van der Waals surface area contributed by atoms with Crippen LogP contribution < -0.4 is 10.3 Å². The van der Waals surface area contributed by atoms with Crippen LogP contribution in [0.25, 0.3) is 4.96 Å². The van der Waals surface area contributed by atoms with Gasteiger partial charge in [-0.05, 0) is 6.07 Å². The van der Waals surface area contributed by atoms with E-state index in [1.54, 1.807) is 18.6 Å². The van der Waals surface area contributed by atoms with Crippen LogP contribution in [0.15, 0.2) is 34.4 Å². The SMILES string of the molecule is COc1ccccc1Cc1nn2c(CC(=O)O)csc2nc1=O. The number of aliphatic carboxylic acids is 1. The van der Waals surface area contributed by atoms with E-state index in [1.807, 2.05) is 18.2 Å². The number of hydrogen-bond donors (Lipinski definition) is 1. The lowest BCUT2D eigenvalue weighted by Crippen LogP contribution is -2.19. The lowest BCUT2D eigenvalue weighted by Gasteiger charge is -2.07. The summed E-state index contributed by atoms with van der Waals surface area (Å²) in [5, 5.41) is 14.9. The fraction of sp³-hybridized carbons (Fsp3) is 0.200. The van der Waals surface area contributed by atoms with E-state index in [0.29, 0.717) is 16.4 Å². The molecule has 0 saturated carbocycles. The quantitative estimate of drug-likeness (QED) is 0.759. The number of rotatable bonds is 5. The first-order chi connectivity index (χ1) is 11.1. The molecule has 118 valence electrons. The zero-order valence-corrected chi connectivity index (χ0v) is 13.0. The third-order valence-electron chi connectivity index (χ3n) is 3.30. The van der Waals surface area contributed by atoms with Crippen LogP contribution in [0.1, 0.15) is 17.0 Å². The van der Waals surface area contributed by atoms with Crippen LogP contribution in [0.3, 0.4) is 0 Å². The Kier molecular flexibility index (Phi) is 4.07. The van der Waals surface area contributed by atoms with Crippen LogP contribution in [-0.2, 0) is 17.6 Å². The average molecular weight is 331 g/mol. The molecule has 3 rings (SSSR count). The molecule has 0 bridgehead atoms. The lowest BCUT2D eigenvalue weighted by atomic mass is 10.1. The molecule has 0 unspecified atom stereocenters. The van der Waals surface area contributed by atoms with E-state index < -0.39 is 11.5 Å². The Labute approximate surface area is 134 Å². The Morgan fingerprint density at radius 3 is 2.91 bits per heavy atom. The Bertz CT molecular complexity index is 932. The summed E-state index contributed by atoms with van der Waals surface area (Å²) in [6.45, 7) is 0. The average Bonchev–Trinajstić information content (AvgIpc) is 2.89. The summed E-state index contributed by atoms with van der Waals surface area (Å²) in [5.41, 5.74) is 1.14. The van der Waals surface area contributed by atoms with Gasteiger partial charge in [-0.15, -0.1) is 11.3 Å². The molecule has 2 aromatic heterocycles. The van der Waals surface area contributed by atoms with Crippen LogP contribution in [0, 0.1) is 0 Å². The number of aromatic nitrogens is 3. The van der Waals surface area contributed by atoms with Crippen LogP contribution >= 0.6 is 11.3 Å². The predicted molar refractivity (Wildman–Crippen MR) is 84.3 cm³/mol. The van der Waals surface area contributed by atoms with Crippen LogP contribution in [0.4, 0.5) is 0 Å². The number of hydrogen-bond acceptors (Lipinski definition) is 6. The number of carbonyl (C=O) groups is 1. The summed E-state index contributed by atoms with van der Waals surface area (Å²) < 4.78 is 6.70. The number of carboxylic acid groups (broad SMARTS) is 1. The van der Waals surface area contributed by atoms with Gasteiger partial charge in [-0.2, -0.15) is 10.1 Å². The number of para-hydroxylation sites is 1. The number of nitrogens with zero attached hydrogens (tertiary/aromatic N) is 3. The molecule has 0 spiro atoms. The standard InChI is InChI=1S/C15H13N3O4S/c1-22-12-5-3-2-4-9(12)6-11-14(21)16-15-18(17-11)10(8-23-15)7-13(19)20/h2-5,8H,6-7H2,1H3,(H,19,20). The van der Waals surface area contributed by atoms with E-state index in [9.17, 15) is 9.59 Å². The summed E-state index contributed by atoms with van der Waals surface area (Å²) in [6, 6.07) is 7.34. The highest BCUT2D eigenvalue weighted by Gasteiger charge is 2.14. The second-order valence-corrected chi connectivity index (χ2v) is 5.68. The maximum atomic E-state index is 12.1. The Hall–Kier alpha value is -2.74. The first-order valence-electron chi connectivity index (χ1n) is 6.78. The van der Waals surface area contributed by atoms with Crippen molar-refractivity contribution in [3.8, 4) is 5.75 Å². The minimum atomic E-state index is -0.962. The summed E-state index contributed by atoms with van der Waals surface area (Å²) in [7, 11) is 1.56. The van der Waals surface area contributed by atoms with Crippen molar-refractivity contribution in [1.82, 2.24) is 14.6 Å². The topological polar surface area (TPSA) is 93.8 Å². The van der Waals surface area contributed by atoms with E-state index >= 15 is 0 Å². The smallest absolute Gasteiger partial charge is 0.309 e. The molecule has 23 heavy (non-hydrogen) atoms. The molecule has 0 radical (unpaired) electrons. The summed E-state index contributed by atoms with van der Waals surface area (Å²) >= 11 is 1.19. The van der Waals surface area contributed by atoms with Gasteiger partial charge in [0.05, 0.1) is 19.2 Å².